The van der Waals surface area contributed by atoms with E-state index >= 15 is 0 Å². The van der Waals surface area contributed by atoms with Crippen LogP contribution in [0.1, 0.15) is 5.69 Å². The number of anilines is 1. The van der Waals surface area contributed by atoms with Crippen LogP contribution in [0.5, 0.6) is 5.75 Å². The van der Waals surface area contributed by atoms with Crippen molar-refractivity contribution in [2.45, 2.75) is 13.7 Å². The first-order valence-corrected chi connectivity index (χ1v) is 5.32. The van der Waals surface area contributed by atoms with E-state index in [4.69, 9.17) is 22.1 Å². The zero-order valence-corrected chi connectivity index (χ0v) is 9.91. The van der Waals surface area contributed by atoms with Gasteiger partial charge in [-0.1, -0.05) is 11.6 Å². The van der Waals surface area contributed by atoms with Crippen molar-refractivity contribution in [1.82, 2.24) is 9.78 Å². The number of nitrogens with zero attached hydrogens (tertiary/aromatic N) is 2. The van der Waals surface area contributed by atoms with Gasteiger partial charge in [0.05, 0.1) is 0 Å². The van der Waals surface area contributed by atoms with E-state index < -0.39 is 5.82 Å². The lowest BCUT2D eigenvalue weighted by Crippen LogP contribution is -2.09. The van der Waals surface area contributed by atoms with Gasteiger partial charge in [0.15, 0.2) is 18.3 Å². The molecule has 0 saturated carbocycles. The Morgan fingerprint density at radius 2 is 2.24 bits per heavy atom. The van der Waals surface area contributed by atoms with Crippen molar-refractivity contribution in [2.24, 2.45) is 0 Å². The van der Waals surface area contributed by atoms with Gasteiger partial charge in [-0.25, -0.2) is 9.07 Å². The molecule has 0 atom stereocenters. The molecule has 0 unspecified atom stereocenters. The minimum Gasteiger partial charge on any atom is -0.468 e. The quantitative estimate of drug-likeness (QED) is 0.917. The van der Waals surface area contributed by atoms with E-state index in [-0.39, 0.29) is 12.5 Å². The van der Waals surface area contributed by atoms with Gasteiger partial charge in [0, 0.05) is 16.8 Å². The highest BCUT2D eigenvalue weighted by molar-refractivity contribution is 6.30. The van der Waals surface area contributed by atoms with Crippen molar-refractivity contribution in [3.05, 3.63) is 40.8 Å². The number of nitrogen functional groups attached to an aromatic ring is 1. The molecule has 90 valence electrons. The van der Waals surface area contributed by atoms with Gasteiger partial charge in [0.1, 0.15) is 5.82 Å². The molecule has 4 nitrogen and oxygen atoms in total. The molecular formula is C11H11ClFN3O. The summed E-state index contributed by atoms with van der Waals surface area (Å²) in [6.45, 7) is 1.94. The first-order chi connectivity index (χ1) is 8.06. The molecule has 1 aromatic carbocycles. The third-order valence-electron chi connectivity index (χ3n) is 2.24. The van der Waals surface area contributed by atoms with Gasteiger partial charge in [-0.2, -0.15) is 5.10 Å². The lowest BCUT2D eigenvalue weighted by Gasteiger charge is -2.08. The Kier molecular flexibility index (Phi) is 3.19. The number of rotatable bonds is 3. The third-order valence-corrected chi connectivity index (χ3v) is 2.47. The normalized spacial score (nSPS) is 10.5. The van der Waals surface area contributed by atoms with Crippen molar-refractivity contribution in [1.29, 1.82) is 0 Å². The maximum absolute atomic E-state index is 13.4. The third kappa shape index (κ3) is 2.68. The molecule has 1 aromatic heterocycles. The topological polar surface area (TPSA) is 53.1 Å². The summed E-state index contributed by atoms with van der Waals surface area (Å²) in [5, 5.41) is 4.32. The molecule has 2 rings (SSSR count). The van der Waals surface area contributed by atoms with E-state index in [9.17, 15) is 4.39 Å². The second kappa shape index (κ2) is 4.63. The van der Waals surface area contributed by atoms with Gasteiger partial charge in [0.25, 0.3) is 0 Å². The largest absolute Gasteiger partial charge is 0.468 e. The SMILES string of the molecule is Cc1cc(N)nn1COc1ccc(Cl)cc1F. The summed E-state index contributed by atoms with van der Waals surface area (Å²) >= 11 is 5.63. The highest BCUT2D eigenvalue weighted by Crippen LogP contribution is 2.21. The standard InChI is InChI=1S/C11H11ClFN3O/c1-7-4-11(14)15-16(7)6-17-10-3-2-8(12)5-9(10)13/h2-5H,6H2,1H3,(H2,14,15). The summed E-state index contributed by atoms with van der Waals surface area (Å²) in [5.41, 5.74) is 6.36. The fraction of sp³-hybridized carbons (Fsp3) is 0.182. The lowest BCUT2D eigenvalue weighted by molar-refractivity contribution is 0.209. The molecule has 0 spiro atoms. The Hall–Kier alpha value is -1.75. The van der Waals surface area contributed by atoms with Crippen LogP contribution >= 0.6 is 11.6 Å². The molecule has 2 aromatic rings. The van der Waals surface area contributed by atoms with E-state index in [0.29, 0.717) is 10.8 Å². The minimum atomic E-state index is -0.504. The summed E-state index contributed by atoms with van der Waals surface area (Å²) in [6.07, 6.45) is 0. The number of halogens is 2. The van der Waals surface area contributed by atoms with Crippen molar-refractivity contribution >= 4 is 17.4 Å². The number of aromatic nitrogens is 2. The smallest absolute Gasteiger partial charge is 0.181 e. The number of hydrogen-bond acceptors (Lipinski definition) is 3. The summed E-state index contributed by atoms with van der Waals surface area (Å²) in [6, 6.07) is 5.94. The van der Waals surface area contributed by atoms with Crippen LogP contribution in [0.3, 0.4) is 0 Å². The van der Waals surface area contributed by atoms with Crippen LogP contribution in [-0.4, -0.2) is 9.78 Å². The Morgan fingerprint density at radius 3 is 2.82 bits per heavy atom. The van der Waals surface area contributed by atoms with Crippen LogP contribution in [0.4, 0.5) is 10.2 Å². The molecule has 0 bridgehead atoms. The van der Waals surface area contributed by atoms with Crippen LogP contribution in [0.2, 0.25) is 5.02 Å². The zero-order chi connectivity index (χ0) is 12.4. The van der Waals surface area contributed by atoms with Crippen molar-refractivity contribution in [2.75, 3.05) is 5.73 Å². The fourth-order valence-corrected chi connectivity index (χ4v) is 1.55. The van der Waals surface area contributed by atoms with E-state index in [0.717, 1.165) is 5.69 Å². The van der Waals surface area contributed by atoms with Crippen molar-refractivity contribution < 1.29 is 9.13 Å². The average Bonchev–Trinajstić information content (AvgIpc) is 2.56. The summed E-state index contributed by atoms with van der Waals surface area (Å²) in [7, 11) is 0. The van der Waals surface area contributed by atoms with Gasteiger partial charge >= 0.3 is 0 Å². The van der Waals surface area contributed by atoms with E-state index in [1.54, 1.807) is 16.8 Å². The van der Waals surface area contributed by atoms with Crippen molar-refractivity contribution in [3.63, 3.8) is 0 Å². The molecular weight excluding hydrogens is 245 g/mol. The number of hydrogen-bond donors (Lipinski definition) is 1. The molecule has 17 heavy (non-hydrogen) atoms. The molecule has 0 saturated heterocycles. The van der Waals surface area contributed by atoms with E-state index in [1.807, 2.05) is 6.92 Å². The number of benzene rings is 1. The predicted molar refractivity (Wildman–Crippen MR) is 63.4 cm³/mol. The summed E-state index contributed by atoms with van der Waals surface area (Å²) in [4.78, 5) is 0. The van der Waals surface area contributed by atoms with Gasteiger partial charge < -0.3 is 10.5 Å². The highest BCUT2D eigenvalue weighted by Gasteiger charge is 2.06. The Morgan fingerprint density at radius 1 is 1.47 bits per heavy atom. The van der Waals surface area contributed by atoms with E-state index in [2.05, 4.69) is 5.10 Å². The van der Waals surface area contributed by atoms with Crippen LogP contribution < -0.4 is 10.5 Å². The van der Waals surface area contributed by atoms with Gasteiger partial charge in [0.2, 0.25) is 0 Å². The fourth-order valence-electron chi connectivity index (χ4n) is 1.39. The van der Waals surface area contributed by atoms with Crippen LogP contribution in [0.15, 0.2) is 24.3 Å². The highest BCUT2D eigenvalue weighted by atomic mass is 35.5. The average molecular weight is 256 g/mol. The first kappa shape index (κ1) is 11.7. The Balaban J connectivity index is 2.10. The number of nitrogens with two attached hydrogens (primary N) is 1. The molecule has 0 aliphatic rings. The van der Waals surface area contributed by atoms with Crippen LogP contribution in [0.25, 0.3) is 0 Å². The second-order valence-electron chi connectivity index (χ2n) is 3.56. The summed E-state index contributed by atoms with van der Waals surface area (Å²) in [5.74, 6) is 0.0285. The zero-order valence-electron chi connectivity index (χ0n) is 9.15. The first-order valence-electron chi connectivity index (χ1n) is 4.94. The summed E-state index contributed by atoms with van der Waals surface area (Å²) < 4.78 is 20.2. The van der Waals surface area contributed by atoms with Gasteiger partial charge in [-0.3, -0.25) is 0 Å². The number of ether oxygens (including phenoxy) is 1. The van der Waals surface area contributed by atoms with Crippen molar-refractivity contribution in [3.8, 4) is 5.75 Å². The lowest BCUT2D eigenvalue weighted by atomic mass is 10.3. The molecule has 1 heterocycles. The Labute approximate surface area is 103 Å². The number of aryl methyl sites for hydroxylation is 1. The molecule has 0 aliphatic heterocycles. The predicted octanol–water partition coefficient (Wildman–Crippen LogP) is 2.60. The van der Waals surface area contributed by atoms with Gasteiger partial charge in [-0.15, -0.1) is 0 Å². The molecule has 0 fully saturated rings. The molecule has 6 heteroatoms. The van der Waals surface area contributed by atoms with Crippen LogP contribution in [-0.2, 0) is 6.73 Å². The monoisotopic (exact) mass is 255 g/mol. The molecule has 0 amide bonds. The minimum absolute atomic E-state index is 0.0988. The second-order valence-corrected chi connectivity index (χ2v) is 3.99. The maximum Gasteiger partial charge on any atom is 0.181 e. The maximum atomic E-state index is 13.4. The van der Waals surface area contributed by atoms with E-state index in [1.165, 1.54) is 12.1 Å². The molecule has 0 radical (unpaired) electrons. The molecule has 2 N–H and O–H groups in total. The molecule has 0 aliphatic carbocycles. The van der Waals surface area contributed by atoms with Crippen LogP contribution in [0, 0.1) is 12.7 Å². The van der Waals surface area contributed by atoms with Gasteiger partial charge in [-0.05, 0) is 25.1 Å². The Bertz CT molecular complexity index is 542.